The third-order valence-electron chi connectivity index (χ3n) is 1.01. The molecule has 11 heavy (non-hydrogen) atoms. The van der Waals surface area contributed by atoms with Crippen LogP contribution in [0.15, 0.2) is 0 Å². The molecule has 62 valence electrons. The van der Waals surface area contributed by atoms with Crippen LogP contribution in [0.2, 0.25) is 0 Å². The number of nitrogens with one attached hydrogen (secondary N) is 1. The molecule has 1 fully saturated rings. The highest BCUT2D eigenvalue weighted by Crippen LogP contribution is 2.11. The molecule has 1 heterocycles. The Morgan fingerprint density at radius 1 is 1.55 bits per heavy atom. The summed E-state index contributed by atoms with van der Waals surface area (Å²) in [5.41, 5.74) is 1.80. The van der Waals surface area contributed by atoms with Crippen molar-refractivity contribution in [2.45, 2.75) is 5.38 Å². The van der Waals surface area contributed by atoms with E-state index in [0.29, 0.717) is 0 Å². The molecule has 0 aromatic carbocycles. The van der Waals surface area contributed by atoms with Crippen molar-refractivity contribution in [2.75, 3.05) is 0 Å². The van der Waals surface area contributed by atoms with Gasteiger partial charge in [0.2, 0.25) is 0 Å². The van der Waals surface area contributed by atoms with Crippen LogP contribution in [0.5, 0.6) is 0 Å². The Balaban J connectivity index is 2.79. The van der Waals surface area contributed by atoms with E-state index in [2.05, 4.69) is 0 Å². The molecule has 0 bridgehead atoms. The van der Waals surface area contributed by atoms with Crippen LogP contribution in [-0.2, 0) is 9.59 Å². The van der Waals surface area contributed by atoms with Crippen molar-refractivity contribution in [3.63, 3.8) is 0 Å². The molecule has 1 aliphatic rings. The van der Waals surface area contributed by atoms with Gasteiger partial charge in [-0.25, -0.2) is 5.43 Å². The molecule has 1 saturated heterocycles. The molecule has 1 unspecified atom stereocenters. The van der Waals surface area contributed by atoms with Crippen LogP contribution in [0.25, 0.3) is 0 Å². The third-order valence-corrected chi connectivity index (χ3v) is 1.70. The molecule has 0 saturated carbocycles. The molecule has 0 aromatic rings. The molecule has 2 N–H and O–H groups in total. The van der Waals surface area contributed by atoms with Gasteiger partial charge >= 0.3 is 0 Å². The largest absolute Gasteiger partial charge is 0.283 e. The molecule has 8 heteroatoms. The summed E-state index contributed by atoms with van der Waals surface area (Å²) in [7, 11) is 0. The van der Waals surface area contributed by atoms with Crippen LogP contribution < -0.4 is 5.43 Å². The van der Waals surface area contributed by atoms with Gasteiger partial charge in [-0.15, -0.1) is 16.1 Å². The Kier molecular flexibility index (Phi) is 2.19. The SMILES string of the molecule is O=C1NN(O)N(Cl)C(=O)C1Cl. The van der Waals surface area contributed by atoms with Gasteiger partial charge in [-0.3, -0.25) is 14.8 Å². The Hall–Kier alpha value is -0.560. The van der Waals surface area contributed by atoms with Gasteiger partial charge < -0.3 is 0 Å². The van der Waals surface area contributed by atoms with E-state index in [1.807, 2.05) is 0 Å². The number of halogens is 2. The summed E-state index contributed by atoms with van der Waals surface area (Å²) >= 11 is 10.4. The van der Waals surface area contributed by atoms with Crippen molar-refractivity contribution in [1.82, 2.24) is 15.2 Å². The lowest BCUT2D eigenvalue weighted by Crippen LogP contribution is -2.60. The van der Waals surface area contributed by atoms with Gasteiger partial charge in [0.25, 0.3) is 11.8 Å². The second kappa shape index (κ2) is 2.82. The van der Waals surface area contributed by atoms with Gasteiger partial charge in [-0.1, -0.05) is 0 Å². The normalized spacial score (nSPS) is 27.2. The zero-order chi connectivity index (χ0) is 8.59. The van der Waals surface area contributed by atoms with Gasteiger partial charge in [0.1, 0.15) is 0 Å². The Bertz CT molecular complexity index is 210. The Labute approximate surface area is 71.3 Å². The smallest absolute Gasteiger partial charge is 0.275 e. The number of hydrazine groups is 2. The topological polar surface area (TPSA) is 72.9 Å². The van der Waals surface area contributed by atoms with E-state index >= 15 is 0 Å². The van der Waals surface area contributed by atoms with Crippen molar-refractivity contribution in [1.29, 1.82) is 0 Å². The Morgan fingerprint density at radius 3 is 2.64 bits per heavy atom. The highest BCUT2D eigenvalue weighted by molar-refractivity contribution is 6.44. The predicted molar refractivity (Wildman–Crippen MR) is 34.1 cm³/mol. The monoisotopic (exact) mass is 199 g/mol. The highest BCUT2D eigenvalue weighted by atomic mass is 35.5. The van der Waals surface area contributed by atoms with E-state index in [1.165, 1.54) is 0 Å². The molecule has 2 amide bonds. The first-order valence-electron chi connectivity index (χ1n) is 2.47. The molecule has 0 spiro atoms. The molecule has 1 atom stereocenters. The maximum absolute atomic E-state index is 10.7. The minimum Gasteiger partial charge on any atom is -0.275 e. The molecule has 1 rings (SSSR count). The van der Waals surface area contributed by atoms with Gasteiger partial charge in [0, 0.05) is 17.1 Å². The number of hydrogen-bond acceptors (Lipinski definition) is 4. The summed E-state index contributed by atoms with van der Waals surface area (Å²) in [6, 6.07) is 0. The lowest BCUT2D eigenvalue weighted by molar-refractivity contribution is -0.244. The predicted octanol–water partition coefficient (Wildman–Crippen LogP) is -0.773. The standard InChI is InChI=1S/C3H3Cl2N3O3/c4-1-2(9)6-8(11)7(5)3(1)10/h1,11H,(H,6,9). The van der Waals surface area contributed by atoms with Crippen LogP contribution in [-0.4, -0.2) is 32.2 Å². The average molecular weight is 200 g/mol. The van der Waals surface area contributed by atoms with Gasteiger partial charge in [0.05, 0.1) is 0 Å². The highest BCUT2D eigenvalue weighted by Gasteiger charge is 2.37. The summed E-state index contributed by atoms with van der Waals surface area (Å²) in [4.78, 5) is 21.4. The summed E-state index contributed by atoms with van der Waals surface area (Å²) < 4.78 is 0.263. The maximum Gasteiger partial charge on any atom is 0.283 e. The lowest BCUT2D eigenvalue weighted by atomic mass is 10.4. The number of nitrogens with zero attached hydrogens (tertiary/aromatic N) is 2. The van der Waals surface area contributed by atoms with Crippen molar-refractivity contribution < 1.29 is 14.8 Å². The summed E-state index contributed by atoms with van der Waals surface area (Å²) in [5, 5.41) is 7.31. The molecule has 0 radical (unpaired) electrons. The number of hydrogen-bond donors (Lipinski definition) is 2. The fraction of sp³-hybridized carbons (Fsp3) is 0.333. The number of carbonyl (C=O) groups excluding carboxylic acids is 2. The first-order chi connectivity index (χ1) is 5.04. The fourth-order valence-electron chi connectivity index (χ4n) is 0.498. The fourth-order valence-corrected chi connectivity index (χ4v) is 0.825. The minimum absolute atomic E-state index is 0.0467. The van der Waals surface area contributed by atoms with Crippen molar-refractivity contribution in [3.8, 4) is 0 Å². The quantitative estimate of drug-likeness (QED) is 0.306. The van der Waals surface area contributed by atoms with Gasteiger partial charge in [0.15, 0.2) is 5.38 Å². The molecular weight excluding hydrogens is 197 g/mol. The minimum atomic E-state index is -1.39. The average Bonchev–Trinajstić information content (AvgIpc) is 1.97. The molecule has 0 aromatic heterocycles. The third kappa shape index (κ3) is 1.38. The Morgan fingerprint density at radius 2 is 2.09 bits per heavy atom. The maximum atomic E-state index is 10.7. The van der Waals surface area contributed by atoms with Crippen molar-refractivity contribution in [2.24, 2.45) is 0 Å². The second-order valence-electron chi connectivity index (χ2n) is 1.73. The summed E-state index contributed by atoms with van der Waals surface area (Å²) in [6.07, 6.45) is 0. The first-order valence-corrected chi connectivity index (χ1v) is 3.24. The van der Waals surface area contributed by atoms with Crippen LogP contribution >= 0.6 is 23.4 Å². The lowest BCUT2D eigenvalue weighted by Gasteiger charge is -2.28. The first kappa shape index (κ1) is 8.54. The van der Waals surface area contributed by atoms with Crippen molar-refractivity contribution in [3.05, 3.63) is 0 Å². The number of rotatable bonds is 0. The number of amides is 2. The zero-order valence-electron chi connectivity index (χ0n) is 4.99. The van der Waals surface area contributed by atoms with Gasteiger partial charge in [-0.2, -0.15) is 0 Å². The van der Waals surface area contributed by atoms with E-state index in [9.17, 15) is 9.59 Å². The molecule has 1 aliphatic heterocycles. The van der Waals surface area contributed by atoms with E-state index in [0.717, 1.165) is 0 Å². The number of alkyl halides is 1. The van der Waals surface area contributed by atoms with Crippen LogP contribution in [0.3, 0.4) is 0 Å². The molecular formula is C3H3Cl2N3O3. The van der Waals surface area contributed by atoms with E-state index < -0.39 is 17.2 Å². The van der Waals surface area contributed by atoms with Gasteiger partial charge in [-0.05, 0) is 0 Å². The molecule has 0 aliphatic carbocycles. The van der Waals surface area contributed by atoms with Crippen LogP contribution in [0, 0.1) is 0 Å². The second-order valence-corrected chi connectivity index (χ2v) is 2.48. The van der Waals surface area contributed by atoms with Crippen LogP contribution in [0.4, 0.5) is 0 Å². The number of carbonyl (C=O) groups is 2. The molecule has 6 nitrogen and oxygen atoms in total. The summed E-state index contributed by atoms with van der Waals surface area (Å²) in [5.74, 6) is -1.73. The van der Waals surface area contributed by atoms with E-state index in [1.54, 1.807) is 5.43 Å². The van der Waals surface area contributed by atoms with E-state index in [4.69, 9.17) is 28.6 Å². The van der Waals surface area contributed by atoms with Crippen LogP contribution in [0.1, 0.15) is 0 Å². The van der Waals surface area contributed by atoms with Crippen molar-refractivity contribution >= 4 is 35.2 Å². The zero-order valence-corrected chi connectivity index (χ0v) is 6.50. The summed E-state index contributed by atoms with van der Waals surface area (Å²) in [6.45, 7) is 0. The van der Waals surface area contributed by atoms with E-state index in [-0.39, 0.29) is 9.81 Å².